The number of ether oxygens (including phenoxy) is 2. The highest BCUT2D eigenvalue weighted by Gasteiger charge is 2.05. The summed E-state index contributed by atoms with van der Waals surface area (Å²) in [5.74, 6) is 0.782. The van der Waals surface area contributed by atoms with Gasteiger partial charge in [-0.25, -0.2) is 0 Å². The smallest absolute Gasteiger partial charge is 0.311 e. The molecule has 2 aromatic carbocycles. The average molecular weight is 313 g/mol. The highest BCUT2D eigenvalue weighted by Crippen LogP contribution is 2.16. The number of carbonyl (C=O) groups is 2. The van der Waals surface area contributed by atoms with E-state index in [2.05, 4.69) is 5.32 Å². The third-order valence-electron chi connectivity index (χ3n) is 2.94. The molecule has 5 heteroatoms. The minimum atomic E-state index is -0.311. The molecule has 0 spiro atoms. The molecule has 2 rings (SSSR count). The largest absolute Gasteiger partial charge is 0.494 e. The number of carbonyl (C=O) groups excluding carboxylic acids is 2. The molecule has 0 saturated carbocycles. The number of rotatable bonds is 7. The van der Waals surface area contributed by atoms with Gasteiger partial charge < -0.3 is 14.8 Å². The van der Waals surface area contributed by atoms with E-state index in [4.69, 9.17) is 9.47 Å². The minimum absolute atomic E-state index is 0.145. The zero-order valence-corrected chi connectivity index (χ0v) is 13.0. The van der Waals surface area contributed by atoms with Gasteiger partial charge in [-0.15, -0.1) is 0 Å². The first-order valence-corrected chi connectivity index (χ1v) is 7.39. The second-order valence-corrected chi connectivity index (χ2v) is 4.94. The molecule has 0 atom stereocenters. The summed E-state index contributed by atoms with van der Waals surface area (Å²) < 4.78 is 10.7. The molecule has 1 amide bonds. The number of nitrogens with one attached hydrogen (secondary N) is 1. The summed E-state index contributed by atoms with van der Waals surface area (Å²) in [4.78, 5) is 22.7. The van der Waals surface area contributed by atoms with Crippen LogP contribution in [0.1, 0.15) is 19.8 Å². The van der Waals surface area contributed by atoms with Gasteiger partial charge in [-0.1, -0.05) is 18.2 Å². The predicted octanol–water partition coefficient (Wildman–Crippen LogP) is 3.41. The van der Waals surface area contributed by atoms with Gasteiger partial charge in [0.2, 0.25) is 5.91 Å². The lowest BCUT2D eigenvalue weighted by Gasteiger charge is -2.07. The highest BCUT2D eigenvalue weighted by molar-refractivity contribution is 5.88. The van der Waals surface area contributed by atoms with Crippen LogP contribution in [-0.2, 0) is 9.59 Å². The van der Waals surface area contributed by atoms with Gasteiger partial charge in [0.1, 0.15) is 11.5 Å². The lowest BCUT2D eigenvalue weighted by Crippen LogP contribution is -2.10. The number of esters is 1. The topological polar surface area (TPSA) is 64.6 Å². The summed E-state index contributed by atoms with van der Waals surface area (Å²) in [6, 6.07) is 16.1. The molecular weight excluding hydrogens is 294 g/mol. The molecule has 0 fully saturated rings. The van der Waals surface area contributed by atoms with Crippen molar-refractivity contribution in [2.24, 2.45) is 0 Å². The van der Waals surface area contributed by atoms with E-state index in [0.717, 1.165) is 5.75 Å². The Balaban J connectivity index is 1.69. The highest BCUT2D eigenvalue weighted by atomic mass is 16.5. The standard InChI is InChI=1S/C18H19NO4/c1-14(20)19-15-9-11-17(12-10-15)23-18(21)8-5-13-22-16-6-3-2-4-7-16/h2-4,6-7,9-12H,5,8,13H2,1H3,(H,19,20). The first kappa shape index (κ1) is 16.5. The van der Waals surface area contributed by atoms with Crippen LogP contribution in [0.15, 0.2) is 54.6 Å². The van der Waals surface area contributed by atoms with Gasteiger partial charge in [-0.2, -0.15) is 0 Å². The van der Waals surface area contributed by atoms with E-state index in [9.17, 15) is 9.59 Å². The fourth-order valence-corrected chi connectivity index (χ4v) is 1.92. The summed E-state index contributed by atoms with van der Waals surface area (Å²) in [5.41, 5.74) is 0.661. The SMILES string of the molecule is CC(=O)Nc1ccc(OC(=O)CCCOc2ccccc2)cc1. The fourth-order valence-electron chi connectivity index (χ4n) is 1.92. The second-order valence-electron chi connectivity index (χ2n) is 4.94. The summed E-state index contributed by atoms with van der Waals surface area (Å²) in [6.07, 6.45) is 0.859. The maximum absolute atomic E-state index is 11.7. The number of amides is 1. The van der Waals surface area contributed by atoms with Crippen LogP contribution < -0.4 is 14.8 Å². The van der Waals surface area contributed by atoms with Crippen LogP contribution >= 0.6 is 0 Å². The first-order chi connectivity index (χ1) is 11.1. The Morgan fingerprint density at radius 3 is 2.30 bits per heavy atom. The Morgan fingerprint density at radius 2 is 1.65 bits per heavy atom. The number of benzene rings is 2. The third kappa shape index (κ3) is 6.22. The molecule has 23 heavy (non-hydrogen) atoms. The summed E-state index contributed by atoms with van der Waals surface area (Å²) in [7, 11) is 0. The Morgan fingerprint density at radius 1 is 0.957 bits per heavy atom. The van der Waals surface area contributed by atoms with Gasteiger partial charge >= 0.3 is 5.97 Å². The van der Waals surface area contributed by atoms with E-state index >= 15 is 0 Å². The van der Waals surface area contributed by atoms with Gasteiger partial charge in [-0.05, 0) is 42.8 Å². The summed E-state index contributed by atoms with van der Waals surface area (Å²) in [5, 5.41) is 2.65. The fraction of sp³-hybridized carbons (Fsp3) is 0.222. The van der Waals surface area contributed by atoms with E-state index in [1.165, 1.54) is 6.92 Å². The molecule has 0 bridgehead atoms. The maximum Gasteiger partial charge on any atom is 0.311 e. The van der Waals surface area contributed by atoms with Crippen molar-refractivity contribution in [2.75, 3.05) is 11.9 Å². The van der Waals surface area contributed by atoms with E-state index in [0.29, 0.717) is 24.5 Å². The molecule has 0 aliphatic carbocycles. The van der Waals surface area contributed by atoms with Crippen LogP contribution in [0.3, 0.4) is 0 Å². The van der Waals surface area contributed by atoms with Crippen LogP contribution in [0.2, 0.25) is 0 Å². The Bertz CT molecular complexity index is 638. The molecule has 5 nitrogen and oxygen atoms in total. The first-order valence-electron chi connectivity index (χ1n) is 7.39. The molecule has 2 aromatic rings. The third-order valence-corrected chi connectivity index (χ3v) is 2.94. The van der Waals surface area contributed by atoms with E-state index < -0.39 is 0 Å². The Hall–Kier alpha value is -2.82. The molecule has 0 radical (unpaired) electrons. The maximum atomic E-state index is 11.7. The quantitative estimate of drug-likeness (QED) is 0.483. The predicted molar refractivity (Wildman–Crippen MR) is 87.6 cm³/mol. The molecule has 120 valence electrons. The van der Waals surface area contributed by atoms with Crippen molar-refractivity contribution >= 4 is 17.6 Å². The monoisotopic (exact) mass is 313 g/mol. The van der Waals surface area contributed by atoms with Gasteiger partial charge in [0.25, 0.3) is 0 Å². The van der Waals surface area contributed by atoms with Crippen molar-refractivity contribution < 1.29 is 19.1 Å². The number of hydrogen-bond donors (Lipinski definition) is 1. The number of anilines is 1. The van der Waals surface area contributed by atoms with Crippen LogP contribution in [0.5, 0.6) is 11.5 Å². The molecule has 0 heterocycles. The Kier molecular flexibility index (Phi) is 6.17. The van der Waals surface area contributed by atoms with Crippen LogP contribution in [0.4, 0.5) is 5.69 Å². The molecule has 0 aromatic heterocycles. The van der Waals surface area contributed by atoms with Crippen molar-refractivity contribution in [3.63, 3.8) is 0 Å². The molecule has 1 N–H and O–H groups in total. The molecule has 0 saturated heterocycles. The number of para-hydroxylation sites is 1. The van der Waals surface area contributed by atoms with Crippen LogP contribution in [0, 0.1) is 0 Å². The lowest BCUT2D eigenvalue weighted by atomic mass is 10.3. The molecule has 0 unspecified atom stereocenters. The summed E-state index contributed by atoms with van der Waals surface area (Å²) >= 11 is 0. The van der Waals surface area contributed by atoms with E-state index in [1.54, 1.807) is 24.3 Å². The number of hydrogen-bond acceptors (Lipinski definition) is 4. The minimum Gasteiger partial charge on any atom is -0.494 e. The van der Waals surface area contributed by atoms with Crippen molar-refractivity contribution in [3.05, 3.63) is 54.6 Å². The van der Waals surface area contributed by atoms with Crippen molar-refractivity contribution in [1.29, 1.82) is 0 Å². The van der Waals surface area contributed by atoms with Gasteiger partial charge in [0, 0.05) is 19.0 Å². The molecule has 0 aliphatic heterocycles. The normalized spacial score (nSPS) is 9.96. The Labute approximate surface area is 135 Å². The van der Waals surface area contributed by atoms with Gasteiger partial charge in [0.05, 0.1) is 6.61 Å². The van der Waals surface area contributed by atoms with Gasteiger partial charge in [-0.3, -0.25) is 9.59 Å². The lowest BCUT2D eigenvalue weighted by molar-refractivity contribution is -0.134. The second kappa shape index (κ2) is 8.58. The summed E-state index contributed by atoms with van der Waals surface area (Å²) in [6.45, 7) is 1.89. The van der Waals surface area contributed by atoms with E-state index in [-0.39, 0.29) is 18.3 Å². The molecule has 0 aliphatic rings. The average Bonchev–Trinajstić information content (AvgIpc) is 2.54. The van der Waals surface area contributed by atoms with Crippen LogP contribution in [-0.4, -0.2) is 18.5 Å². The molecular formula is C18H19NO4. The van der Waals surface area contributed by atoms with Crippen LogP contribution in [0.25, 0.3) is 0 Å². The van der Waals surface area contributed by atoms with Gasteiger partial charge in [0.15, 0.2) is 0 Å². The van der Waals surface area contributed by atoms with Crippen molar-refractivity contribution in [2.45, 2.75) is 19.8 Å². The van der Waals surface area contributed by atoms with Crippen molar-refractivity contribution in [1.82, 2.24) is 0 Å². The van der Waals surface area contributed by atoms with E-state index in [1.807, 2.05) is 30.3 Å². The zero-order chi connectivity index (χ0) is 16.5. The van der Waals surface area contributed by atoms with Crippen molar-refractivity contribution in [3.8, 4) is 11.5 Å². The zero-order valence-electron chi connectivity index (χ0n) is 13.0.